The minimum absolute atomic E-state index is 0.0155. The molecule has 0 saturated heterocycles. The van der Waals surface area contributed by atoms with Crippen LogP contribution in [0.5, 0.6) is 0 Å². The van der Waals surface area contributed by atoms with Crippen LogP contribution in [0.1, 0.15) is 38.5 Å². The summed E-state index contributed by atoms with van der Waals surface area (Å²) in [5.41, 5.74) is 0. The summed E-state index contributed by atoms with van der Waals surface area (Å²) in [5, 5.41) is 0. The van der Waals surface area contributed by atoms with Crippen LogP contribution >= 0.6 is 0 Å². The van der Waals surface area contributed by atoms with Gasteiger partial charge in [-0.05, 0) is 25.2 Å². The van der Waals surface area contributed by atoms with Gasteiger partial charge in [0.2, 0.25) is 0 Å². The van der Waals surface area contributed by atoms with E-state index in [1.807, 2.05) is 0 Å². The molecule has 1 aliphatic carbocycles. The molecule has 1 rings (SSSR count). The van der Waals surface area contributed by atoms with Crippen LogP contribution in [0.25, 0.3) is 0 Å². The van der Waals surface area contributed by atoms with E-state index in [1.165, 1.54) is 0 Å². The molecule has 6 nitrogen and oxygen atoms in total. The summed E-state index contributed by atoms with van der Waals surface area (Å²) in [7, 11) is -6.93. The van der Waals surface area contributed by atoms with E-state index in [0.717, 1.165) is 38.2 Å². The Morgan fingerprint density at radius 2 is 1.58 bits per heavy atom. The van der Waals surface area contributed by atoms with Crippen molar-refractivity contribution in [2.75, 3.05) is 19.1 Å². The molecular weight excluding hydrogens is 292 g/mol. The highest BCUT2D eigenvalue weighted by molar-refractivity contribution is 7.86. The third-order valence-corrected chi connectivity index (χ3v) is 4.25. The van der Waals surface area contributed by atoms with Crippen molar-refractivity contribution in [1.82, 2.24) is 0 Å². The second-order valence-electron chi connectivity index (χ2n) is 5.15. The Bertz CT molecular complexity index is 467. The average molecular weight is 314 g/mol. The molecule has 8 heteroatoms. The van der Waals surface area contributed by atoms with Gasteiger partial charge < -0.3 is 0 Å². The van der Waals surface area contributed by atoms with Crippen molar-refractivity contribution >= 4 is 20.2 Å². The highest BCUT2D eigenvalue weighted by Crippen LogP contribution is 2.26. The molecule has 0 heterocycles. The Labute approximate surface area is 115 Å². The van der Waals surface area contributed by atoms with Crippen molar-refractivity contribution in [2.24, 2.45) is 5.92 Å². The average Bonchev–Trinajstić information content (AvgIpc) is 2.16. The van der Waals surface area contributed by atoms with Crippen molar-refractivity contribution in [1.29, 1.82) is 0 Å². The minimum atomic E-state index is -3.48. The third-order valence-electron chi connectivity index (χ3n) is 3.06. The van der Waals surface area contributed by atoms with E-state index < -0.39 is 20.2 Å². The molecular formula is C11H22O6S2. The van der Waals surface area contributed by atoms with E-state index in [-0.39, 0.29) is 18.6 Å². The highest BCUT2D eigenvalue weighted by Gasteiger charge is 2.23. The van der Waals surface area contributed by atoms with Gasteiger partial charge in [0, 0.05) is 0 Å². The van der Waals surface area contributed by atoms with Crippen LogP contribution in [0.3, 0.4) is 0 Å². The summed E-state index contributed by atoms with van der Waals surface area (Å²) in [6, 6.07) is 0. The highest BCUT2D eigenvalue weighted by atomic mass is 32.2. The topological polar surface area (TPSA) is 86.7 Å². The first-order valence-corrected chi connectivity index (χ1v) is 10.0. The fraction of sp³-hybridized carbons (Fsp3) is 1.00. The van der Waals surface area contributed by atoms with Crippen molar-refractivity contribution in [3.63, 3.8) is 0 Å². The normalized spacial score (nSPS) is 26.6. The molecule has 1 saturated carbocycles. The Morgan fingerprint density at radius 3 is 2.16 bits per heavy atom. The molecule has 0 aromatic heterocycles. The maximum absolute atomic E-state index is 11.2. The van der Waals surface area contributed by atoms with E-state index in [0.29, 0.717) is 12.8 Å². The smallest absolute Gasteiger partial charge is 0.264 e. The fourth-order valence-corrected chi connectivity index (χ4v) is 3.40. The summed E-state index contributed by atoms with van der Waals surface area (Å²) in [6.45, 7) is 0.0997. The molecule has 0 aliphatic heterocycles. The second kappa shape index (κ2) is 7.01. The molecule has 0 amide bonds. The van der Waals surface area contributed by atoms with E-state index in [1.54, 1.807) is 0 Å². The van der Waals surface area contributed by atoms with Gasteiger partial charge in [0.05, 0.1) is 25.2 Å². The molecule has 0 spiro atoms. The Balaban J connectivity index is 2.58. The van der Waals surface area contributed by atoms with Crippen LogP contribution in [0.2, 0.25) is 0 Å². The molecule has 114 valence electrons. The number of hydrogen-bond acceptors (Lipinski definition) is 6. The lowest BCUT2D eigenvalue weighted by Gasteiger charge is -2.25. The van der Waals surface area contributed by atoms with Crippen molar-refractivity contribution < 1.29 is 25.2 Å². The van der Waals surface area contributed by atoms with Gasteiger partial charge >= 0.3 is 0 Å². The second-order valence-corrected chi connectivity index (χ2v) is 8.40. The van der Waals surface area contributed by atoms with Crippen molar-refractivity contribution in [3.8, 4) is 0 Å². The molecule has 0 radical (unpaired) electrons. The first-order chi connectivity index (χ1) is 8.66. The van der Waals surface area contributed by atoms with Gasteiger partial charge in [-0.1, -0.05) is 19.3 Å². The van der Waals surface area contributed by atoms with Gasteiger partial charge in [0.25, 0.3) is 20.2 Å². The summed E-state index contributed by atoms with van der Waals surface area (Å²) < 4.78 is 54.2. The maximum Gasteiger partial charge on any atom is 0.264 e. The summed E-state index contributed by atoms with van der Waals surface area (Å²) in [5.74, 6) is 0.0155. The van der Waals surface area contributed by atoms with Crippen LogP contribution in [-0.4, -0.2) is 42.1 Å². The largest absolute Gasteiger partial charge is 0.270 e. The minimum Gasteiger partial charge on any atom is -0.270 e. The predicted molar refractivity (Wildman–Crippen MR) is 71.7 cm³/mol. The summed E-state index contributed by atoms with van der Waals surface area (Å²) in [4.78, 5) is 0. The maximum atomic E-state index is 11.2. The zero-order valence-electron chi connectivity index (χ0n) is 11.4. The standard InChI is InChI=1S/C11H22O6S2/c1-18(12,13)16-9-10-6-4-3-5-7-11(8-10)17-19(2,14)15/h10-11H,3-9H2,1-2H3/t10-,11-/m1/s1. The summed E-state index contributed by atoms with van der Waals surface area (Å²) in [6.07, 6.45) is 6.64. The van der Waals surface area contributed by atoms with Crippen LogP contribution in [0, 0.1) is 5.92 Å². The summed E-state index contributed by atoms with van der Waals surface area (Å²) >= 11 is 0. The lowest BCUT2D eigenvalue weighted by atomic mass is 9.90. The molecule has 1 aliphatic rings. The monoisotopic (exact) mass is 314 g/mol. The Kier molecular flexibility index (Phi) is 6.22. The molecule has 1 fully saturated rings. The van der Waals surface area contributed by atoms with E-state index in [2.05, 4.69) is 0 Å². The molecule has 0 aromatic carbocycles. The van der Waals surface area contributed by atoms with Gasteiger partial charge in [0.15, 0.2) is 0 Å². The predicted octanol–water partition coefficient (Wildman–Crippen LogP) is 1.28. The van der Waals surface area contributed by atoms with E-state index in [4.69, 9.17) is 8.37 Å². The number of rotatable bonds is 5. The quantitative estimate of drug-likeness (QED) is 0.710. The SMILES string of the molecule is CS(=O)(=O)OC[C@@H]1CCCCC[C@@H](OS(C)(=O)=O)C1. The van der Waals surface area contributed by atoms with Crippen molar-refractivity contribution in [3.05, 3.63) is 0 Å². The van der Waals surface area contributed by atoms with Gasteiger partial charge in [0.1, 0.15) is 0 Å². The molecule has 0 N–H and O–H groups in total. The molecule has 2 atom stereocenters. The van der Waals surface area contributed by atoms with Crippen LogP contribution < -0.4 is 0 Å². The zero-order chi connectivity index (χ0) is 14.5. The Morgan fingerprint density at radius 1 is 0.947 bits per heavy atom. The first-order valence-electron chi connectivity index (χ1n) is 6.38. The molecule has 0 bridgehead atoms. The lowest BCUT2D eigenvalue weighted by molar-refractivity contribution is 0.126. The van der Waals surface area contributed by atoms with Crippen LogP contribution in [-0.2, 0) is 28.6 Å². The van der Waals surface area contributed by atoms with Gasteiger partial charge in [-0.3, -0.25) is 8.37 Å². The Hall–Kier alpha value is -0.180. The van der Waals surface area contributed by atoms with Gasteiger partial charge in [-0.2, -0.15) is 16.8 Å². The van der Waals surface area contributed by atoms with Gasteiger partial charge in [-0.25, -0.2) is 0 Å². The van der Waals surface area contributed by atoms with Crippen LogP contribution in [0.4, 0.5) is 0 Å². The molecule has 19 heavy (non-hydrogen) atoms. The van der Waals surface area contributed by atoms with Crippen LogP contribution in [0.15, 0.2) is 0 Å². The molecule has 0 aromatic rings. The first kappa shape index (κ1) is 16.9. The third kappa shape index (κ3) is 8.56. The van der Waals surface area contributed by atoms with E-state index >= 15 is 0 Å². The van der Waals surface area contributed by atoms with Gasteiger partial charge in [-0.15, -0.1) is 0 Å². The van der Waals surface area contributed by atoms with Crippen molar-refractivity contribution in [2.45, 2.75) is 44.6 Å². The number of hydrogen-bond donors (Lipinski definition) is 0. The fourth-order valence-electron chi connectivity index (χ4n) is 2.30. The molecule has 0 unspecified atom stereocenters. The lowest BCUT2D eigenvalue weighted by Crippen LogP contribution is -2.25. The zero-order valence-corrected chi connectivity index (χ0v) is 13.0. The van der Waals surface area contributed by atoms with E-state index in [9.17, 15) is 16.8 Å².